The standard InChI is InChI=1S/C14H22N2O3S/c1-11-4-5-12(9-15-3)8-13(11)20(17,18)16-14(2)6-7-19-10-14/h4-5,8,15-16H,6-7,9-10H2,1-3H3. The molecule has 0 aliphatic carbocycles. The number of hydrogen-bond donors (Lipinski definition) is 2. The van der Waals surface area contributed by atoms with Gasteiger partial charge < -0.3 is 10.1 Å². The number of rotatable bonds is 5. The number of ether oxygens (including phenoxy) is 1. The van der Waals surface area contributed by atoms with Crippen molar-refractivity contribution in [3.63, 3.8) is 0 Å². The van der Waals surface area contributed by atoms with Gasteiger partial charge in [0.15, 0.2) is 0 Å². The van der Waals surface area contributed by atoms with Crippen LogP contribution in [0.5, 0.6) is 0 Å². The Morgan fingerprint density at radius 2 is 2.15 bits per heavy atom. The van der Waals surface area contributed by atoms with E-state index >= 15 is 0 Å². The van der Waals surface area contributed by atoms with Gasteiger partial charge in [0.1, 0.15) is 0 Å². The minimum atomic E-state index is -3.53. The summed E-state index contributed by atoms with van der Waals surface area (Å²) in [4.78, 5) is 0.346. The summed E-state index contributed by atoms with van der Waals surface area (Å²) in [5, 5.41) is 3.03. The topological polar surface area (TPSA) is 67.4 Å². The maximum atomic E-state index is 12.6. The molecular weight excluding hydrogens is 276 g/mol. The predicted molar refractivity (Wildman–Crippen MR) is 78.1 cm³/mol. The Morgan fingerprint density at radius 3 is 2.75 bits per heavy atom. The van der Waals surface area contributed by atoms with Crippen molar-refractivity contribution in [3.05, 3.63) is 29.3 Å². The molecule has 1 unspecified atom stereocenters. The fourth-order valence-electron chi connectivity index (χ4n) is 2.37. The van der Waals surface area contributed by atoms with Gasteiger partial charge in [0, 0.05) is 13.2 Å². The van der Waals surface area contributed by atoms with Crippen LogP contribution in [0.4, 0.5) is 0 Å². The van der Waals surface area contributed by atoms with E-state index in [4.69, 9.17) is 4.74 Å². The Labute approximate surface area is 120 Å². The minimum absolute atomic E-state index is 0.346. The molecule has 2 N–H and O–H groups in total. The zero-order valence-electron chi connectivity index (χ0n) is 12.2. The van der Waals surface area contributed by atoms with Gasteiger partial charge in [-0.15, -0.1) is 0 Å². The smallest absolute Gasteiger partial charge is 0.241 e. The van der Waals surface area contributed by atoms with Crippen molar-refractivity contribution in [3.8, 4) is 0 Å². The number of hydrogen-bond acceptors (Lipinski definition) is 4. The molecule has 1 atom stereocenters. The first-order valence-electron chi connectivity index (χ1n) is 6.72. The third kappa shape index (κ3) is 3.38. The molecule has 5 nitrogen and oxygen atoms in total. The molecule has 0 radical (unpaired) electrons. The van der Waals surface area contributed by atoms with Crippen molar-refractivity contribution in [1.29, 1.82) is 0 Å². The summed E-state index contributed by atoms with van der Waals surface area (Å²) >= 11 is 0. The van der Waals surface area contributed by atoms with Gasteiger partial charge in [-0.1, -0.05) is 12.1 Å². The van der Waals surface area contributed by atoms with Gasteiger partial charge in [-0.25, -0.2) is 13.1 Å². The van der Waals surface area contributed by atoms with Gasteiger partial charge in [0.2, 0.25) is 10.0 Å². The van der Waals surface area contributed by atoms with Gasteiger partial charge in [-0.3, -0.25) is 0 Å². The van der Waals surface area contributed by atoms with Crippen LogP contribution in [0.2, 0.25) is 0 Å². The molecule has 0 amide bonds. The summed E-state index contributed by atoms with van der Waals surface area (Å²) in [6.45, 7) is 5.35. The molecule has 0 bridgehead atoms. The highest BCUT2D eigenvalue weighted by molar-refractivity contribution is 7.89. The van der Waals surface area contributed by atoms with Crippen molar-refractivity contribution in [2.75, 3.05) is 20.3 Å². The van der Waals surface area contributed by atoms with E-state index in [1.54, 1.807) is 6.07 Å². The van der Waals surface area contributed by atoms with Crippen molar-refractivity contribution >= 4 is 10.0 Å². The van der Waals surface area contributed by atoms with Crippen molar-refractivity contribution in [2.45, 2.75) is 37.2 Å². The van der Waals surface area contributed by atoms with Gasteiger partial charge in [-0.05, 0) is 44.5 Å². The van der Waals surface area contributed by atoms with Crippen LogP contribution in [-0.4, -0.2) is 34.2 Å². The summed E-state index contributed by atoms with van der Waals surface area (Å²) < 4.78 is 33.2. The summed E-state index contributed by atoms with van der Waals surface area (Å²) in [6, 6.07) is 5.51. The lowest BCUT2D eigenvalue weighted by Gasteiger charge is -2.24. The van der Waals surface area contributed by atoms with Crippen LogP contribution >= 0.6 is 0 Å². The summed E-state index contributed by atoms with van der Waals surface area (Å²) in [7, 11) is -1.69. The molecule has 1 aliphatic heterocycles. The Kier molecular flexibility index (Phi) is 4.49. The van der Waals surface area contributed by atoms with E-state index in [1.165, 1.54) is 0 Å². The quantitative estimate of drug-likeness (QED) is 0.856. The molecule has 0 saturated carbocycles. The third-order valence-electron chi connectivity index (χ3n) is 3.52. The normalized spacial score (nSPS) is 23.1. The molecule has 1 saturated heterocycles. The summed E-state index contributed by atoms with van der Waals surface area (Å²) in [5.41, 5.74) is 1.19. The van der Waals surface area contributed by atoms with Gasteiger partial charge >= 0.3 is 0 Å². The number of aryl methyl sites for hydroxylation is 1. The highest BCUT2D eigenvalue weighted by Crippen LogP contribution is 2.23. The van der Waals surface area contributed by atoms with E-state index in [1.807, 2.05) is 33.0 Å². The second kappa shape index (κ2) is 5.81. The maximum absolute atomic E-state index is 12.6. The average molecular weight is 298 g/mol. The zero-order chi connectivity index (χ0) is 14.8. The van der Waals surface area contributed by atoms with Crippen molar-refractivity contribution in [2.24, 2.45) is 0 Å². The highest BCUT2D eigenvalue weighted by Gasteiger charge is 2.35. The molecule has 0 aromatic heterocycles. The van der Waals surface area contributed by atoms with Crippen LogP contribution in [-0.2, 0) is 21.3 Å². The van der Waals surface area contributed by atoms with E-state index < -0.39 is 15.6 Å². The van der Waals surface area contributed by atoms with E-state index in [0.29, 0.717) is 31.1 Å². The molecule has 1 aromatic carbocycles. The molecule has 1 aromatic rings. The van der Waals surface area contributed by atoms with Crippen LogP contribution in [0.3, 0.4) is 0 Å². The predicted octanol–water partition coefficient (Wildman–Crippen LogP) is 1.17. The maximum Gasteiger partial charge on any atom is 0.241 e. The number of nitrogens with one attached hydrogen (secondary N) is 2. The largest absolute Gasteiger partial charge is 0.379 e. The molecule has 1 heterocycles. The molecule has 1 aliphatic rings. The second-order valence-electron chi connectivity index (χ2n) is 5.60. The fourth-order valence-corrected chi connectivity index (χ4v) is 4.09. The molecule has 0 spiro atoms. The fraction of sp³-hybridized carbons (Fsp3) is 0.571. The second-order valence-corrected chi connectivity index (χ2v) is 7.25. The molecule has 2 rings (SSSR count). The van der Waals surface area contributed by atoms with Crippen LogP contribution in [0.1, 0.15) is 24.5 Å². The first-order valence-corrected chi connectivity index (χ1v) is 8.20. The SMILES string of the molecule is CNCc1ccc(C)c(S(=O)(=O)NC2(C)CCOC2)c1. The molecule has 20 heavy (non-hydrogen) atoms. The van der Waals surface area contributed by atoms with E-state index in [9.17, 15) is 8.42 Å². The lowest BCUT2D eigenvalue weighted by molar-refractivity contribution is 0.178. The number of benzene rings is 1. The third-order valence-corrected chi connectivity index (χ3v) is 5.30. The molecular formula is C14H22N2O3S. The Morgan fingerprint density at radius 1 is 1.40 bits per heavy atom. The Balaban J connectivity index is 2.31. The van der Waals surface area contributed by atoms with Crippen LogP contribution in [0.25, 0.3) is 0 Å². The molecule has 112 valence electrons. The first-order chi connectivity index (χ1) is 9.36. The zero-order valence-corrected chi connectivity index (χ0v) is 13.0. The van der Waals surface area contributed by atoms with E-state index in [2.05, 4.69) is 10.0 Å². The Hall–Kier alpha value is -0.950. The van der Waals surface area contributed by atoms with Crippen LogP contribution in [0.15, 0.2) is 23.1 Å². The van der Waals surface area contributed by atoms with Crippen LogP contribution in [0, 0.1) is 6.92 Å². The molecule has 1 fully saturated rings. The summed E-state index contributed by atoms with van der Waals surface area (Å²) in [5.74, 6) is 0. The Bertz CT molecular complexity index is 578. The van der Waals surface area contributed by atoms with Crippen molar-refractivity contribution in [1.82, 2.24) is 10.0 Å². The summed E-state index contributed by atoms with van der Waals surface area (Å²) in [6.07, 6.45) is 0.696. The average Bonchev–Trinajstić information content (AvgIpc) is 2.77. The van der Waals surface area contributed by atoms with Gasteiger partial charge in [0.05, 0.1) is 17.0 Å². The van der Waals surface area contributed by atoms with E-state index in [0.717, 1.165) is 11.1 Å². The number of sulfonamides is 1. The first kappa shape index (κ1) is 15.4. The lowest BCUT2D eigenvalue weighted by atomic mass is 10.0. The monoisotopic (exact) mass is 298 g/mol. The van der Waals surface area contributed by atoms with Crippen LogP contribution < -0.4 is 10.0 Å². The lowest BCUT2D eigenvalue weighted by Crippen LogP contribution is -2.46. The highest BCUT2D eigenvalue weighted by atomic mass is 32.2. The van der Waals surface area contributed by atoms with E-state index in [-0.39, 0.29) is 0 Å². The molecule has 6 heteroatoms. The van der Waals surface area contributed by atoms with Gasteiger partial charge in [-0.2, -0.15) is 0 Å². The minimum Gasteiger partial charge on any atom is -0.379 e. The van der Waals surface area contributed by atoms with Gasteiger partial charge in [0.25, 0.3) is 0 Å². The van der Waals surface area contributed by atoms with Crippen molar-refractivity contribution < 1.29 is 13.2 Å².